The maximum atomic E-state index is 11.3. The van der Waals surface area contributed by atoms with Crippen LogP contribution in [0, 0.1) is 0 Å². The average molecular weight is 314 g/mol. The van der Waals surface area contributed by atoms with Crippen molar-refractivity contribution in [1.29, 1.82) is 0 Å². The third-order valence-corrected chi connectivity index (χ3v) is 2.49. The van der Waals surface area contributed by atoms with Gasteiger partial charge >= 0.3 is 0 Å². The van der Waals surface area contributed by atoms with Crippen LogP contribution < -0.4 is 15.8 Å². The first-order valence-electron chi connectivity index (χ1n) is 5.18. The second-order valence-corrected chi connectivity index (χ2v) is 4.20. The summed E-state index contributed by atoms with van der Waals surface area (Å²) in [7, 11) is 0. The maximum Gasteiger partial charge on any atom is 0.257 e. The molecular weight excluding hydrogens is 298 g/mol. The molecule has 0 fully saturated rings. The number of hydrogen-bond acceptors (Lipinski definition) is 3. The molecule has 0 saturated carbocycles. The van der Waals surface area contributed by atoms with Gasteiger partial charge < -0.3 is 15.8 Å². The number of carbonyl (C=O) groups is 1. The molecule has 102 valence electrons. The molecular formula is C11H15Cl3N2O2. The minimum atomic E-state index is -0.204. The van der Waals surface area contributed by atoms with Gasteiger partial charge in [-0.3, -0.25) is 4.79 Å². The summed E-state index contributed by atoms with van der Waals surface area (Å²) in [5.74, 6) is 0.231. The van der Waals surface area contributed by atoms with Crippen molar-refractivity contribution >= 4 is 41.5 Å². The minimum Gasteiger partial charge on any atom is -0.482 e. The highest BCUT2D eigenvalue weighted by Crippen LogP contribution is 2.27. The molecule has 1 aromatic rings. The molecule has 0 aliphatic heterocycles. The molecule has 3 N–H and O–H groups in total. The summed E-state index contributed by atoms with van der Waals surface area (Å²) in [4.78, 5) is 11.3. The van der Waals surface area contributed by atoms with Gasteiger partial charge in [0, 0.05) is 11.6 Å². The summed E-state index contributed by atoms with van der Waals surface area (Å²) < 4.78 is 5.25. The molecule has 1 rings (SSSR count). The number of halogens is 3. The van der Waals surface area contributed by atoms with Gasteiger partial charge in [0.2, 0.25) is 0 Å². The van der Waals surface area contributed by atoms with Crippen LogP contribution in [0.25, 0.3) is 0 Å². The van der Waals surface area contributed by atoms with E-state index in [4.69, 9.17) is 33.7 Å². The van der Waals surface area contributed by atoms with Crippen LogP contribution >= 0.6 is 35.6 Å². The van der Waals surface area contributed by atoms with E-state index in [1.54, 1.807) is 18.2 Å². The number of ether oxygens (including phenoxy) is 1. The van der Waals surface area contributed by atoms with E-state index in [0.717, 1.165) is 6.42 Å². The highest BCUT2D eigenvalue weighted by molar-refractivity contribution is 6.35. The van der Waals surface area contributed by atoms with Crippen molar-refractivity contribution in [2.45, 2.75) is 6.42 Å². The number of carbonyl (C=O) groups excluding carboxylic acids is 1. The molecule has 0 atom stereocenters. The van der Waals surface area contributed by atoms with Gasteiger partial charge in [-0.1, -0.05) is 23.2 Å². The molecule has 0 aliphatic carbocycles. The number of amides is 1. The summed E-state index contributed by atoms with van der Waals surface area (Å²) >= 11 is 11.6. The van der Waals surface area contributed by atoms with Crippen molar-refractivity contribution < 1.29 is 9.53 Å². The van der Waals surface area contributed by atoms with Gasteiger partial charge in [-0.05, 0) is 31.2 Å². The monoisotopic (exact) mass is 312 g/mol. The molecule has 0 unspecified atom stereocenters. The lowest BCUT2D eigenvalue weighted by atomic mass is 10.3. The number of nitrogens with one attached hydrogen (secondary N) is 1. The quantitative estimate of drug-likeness (QED) is 0.792. The molecule has 0 bridgehead atoms. The fourth-order valence-electron chi connectivity index (χ4n) is 1.12. The van der Waals surface area contributed by atoms with E-state index in [-0.39, 0.29) is 24.9 Å². The fourth-order valence-corrected chi connectivity index (χ4v) is 1.58. The van der Waals surface area contributed by atoms with Crippen LogP contribution in [0.3, 0.4) is 0 Å². The Balaban J connectivity index is 0.00000289. The Kier molecular flexibility index (Phi) is 8.93. The van der Waals surface area contributed by atoms with Crippen LogP contribution in [0.1, 0.15) is 6.42 Å². The predicted molar refractivity (Wildman–Crippen MR) is 75.9 cm³/mol. The summed E-state index contributed by atoms with van der Waals surface area (Å²) in [6.07, 6.45) is 0.743. The lowest BCUT2D eigenvalue weighted by Crippen LogP contribution is -2.30. The standard InChI is InChI=1S/C11H14Cl2N2O2.ClH/c12-8-2-3-10(9(13)6-8)17-7-11(16)15-5-1-4-14;/h2-3,6H,1,4-5,7,14H2,(H,15,16);1H. The maximum absolute atomic E-state index is 11.3. The van der Waals surface area contributed by atoms with Crippen molar-refractivity contribution in [3.8, 4) is 5.75 Å². The van der Waals surface area contributed by atoms with Crippen LogP contribution in [-0.4, -0.2) is 25.6 Å². The number of nitrogens with two attached hydrogens (primary N) is 1. The van der Waals surface area contributed by atoms with Crippen LogP contribution in [0.4, 0.5) is 0 Å². The molecule has 0 spiro atoms. The van der Waals surface area contributed by atoms with Gasteiger partial charge in [-0.2, -0.15) is 0 Å². The Morgan fingerprint density at radius 1 is 1.39 bits per heavy atom. The summed E-state index contributed by atoms with van der Waals surface area (Å²) in [5.41, 5.74) is 5.30. The third kappa shape index (κ3) is 6.31. The van der Waals surface area contributed by atoms with E-state index < -0.39 is 0 Å². The second-order valence-electron chi connectivity index (χ2n) is 3.36. The van der Waals surface area contributed by atoms with Crippen LogP contribution in [-0.2, 0) is 4.79 Å². The van der Waals surface area contributed by atoms with Gasteiger partial charge in [-0.25, -0.2) is 0 Å². The lowest BCUT2D eigenvalue weighted by molar-refractivity contribution is -0.123. The minimum absolute atomic E-state index is 0. The van der Waals surface area contributed by atoms with Crippen LogP contribution in [0.2, 0.25) is 10.0 Å². The number of hydrogen-bond donors (Lipinski definition) is 2. The van der Waals surface area contributed by atoms with Crippen molar-refractivity contribution in [2.24, 2.45) is 5.73 Å². The first kappa shape index (κ1) is 17.3. The van der Waals surface area contributed by atoms with Crippen LogP contribution in [0.5, 0.6) is 5.75 Å². The molecule has 0 radical (unpaired) electrons. The Morgan fingerprint density at radius 2 is 2.11 bits per heavy atom. The van der Waals surface area contributed by atoms with Gasteiger partial charge in [0.15, 0.2) is 6.61 Å². The molecule has 0 aliphatic rings. The number of rotatable bonds is 6. The van der Waals surface area contributed by atoms with Gasteiger partial charge in [0.05, 0.1) is 5.02 Å². The molecule has 0 heterocycles. The Morgan fingerprint density at radius 3 is 2.72 bits per heavy atom. The summed E-state index contributed by atoms with van der Waals surface area (Å²) in [5, 5.41) is 3.58. The smallest absolute Gasteiger partial charge is 0.257 e. The Labute approximate surface area is 122 Å². The van der Waals surface area contributed by atoms with E-state index in [1.165, 1.54) is 0 Å². The van der Waals surface area contributed by atoms with E-state index in [2.05, 4.69) is 5.32 Å². The van der Waals surface area contributed by atoms with Crippen LogP contribution in [0.15, 0.2) is 18.2 Å². The van der Waals surface area contributed by atoms with Crippen molar-refractivity contribution in [3.05, 3.63) is 28.2 Å². The number of benzene rings is 1. The Hall–Kier alpha value is -0.680. The van der Waals surface area contributed by atoms with Gasteiger partial charge in [0.25, 0.3) is 5.91 Å². The highest BCUT2D eigenvalue weighted by Gasteiger charge is 2.05. The van der Waals surface area contributed by atoms with E-state index in [0.29, 0.717) is 28.9 Å². The molecule has 0 saturated heterocycles. The topological polar surface area (TPSA) is 64.3 Å². The first-order valence-corrected chi connectivity index (χ1v) is 5.93. The highest BCUT2D eigenvalue weighted by atomic mass is 35.5. The molecule has 1 aromatic carbocycles. The van der Waals surface area contributed by atoms with E-state index in [1.807, 2.05) is 0 Å². The molecule has 0 aromatic heterocycles. The van der Waals surface area contributed by atoms with E-state index in [9.17, 15) is 4.79 Å². The lowest BCUT2D eigenvalue weighted by Gasteiger charge is -2.08. The van der Waals surface area contributed by atoms with Crippen molar-refractivity contribution in [2.75, 3.05) is 19.7 Å². The molecule has 4 nitrogen and oxygen atoms in total. The zero-order valence-corrected chi connectivity index (χ0v) is 11.9. The first-order chi connectivity index (χ1) is 8.13. The van der Waals surface area contributed by atoms with Crippen molar-refractivity contribution in [3.63, 3.8) is 0 Å². The Bertz CT molecular complexity index is 389. The second kappa shape index (κ2) is 9.28. The largest absolute Gasteiger partial charge is 0.482 e. The zero-order chi connectivity index (χ0) is 12.7. The molecule has 1 amide bonds. The SMILES string of the molecule is Cl.NCCCNC(=O)COc1ccc(Cl)cc1Cl. The molecule has 18 heavy (non-hydrogen) atoms. The van der Waals surface area contributed by atoms with E-state index >= 15 is 0 Å². The summed E-state index contributed by atoms with van der Waals surface area (Å²) in [6, 6.07) is 4.83. The van der Waals surface area contributed by atoms with Gasteiger partial charge in [0.1, 0.15) is 5.75 Å². The normalized spacial score (nSPS) is 9.50. The zero-order valence-electron chi connectivity index (χ0n) is 9.62. The van der Waals surface area contributed by atoms with Crippen molar-refractivity contribution in [1.82, 2.24) is 5.32 Å². The fraction of sp³-hybridized carbons (Fsp3) is 0.364. The average Bonchev–Trinajstić information content (AvgIpc) is 2.28. The third-order valence-electron chi connectivity index (χ3n) is 1.96. The molecule has 7 heteroatoms. The predicted octanol–water partition coefficient (Wildman–Crippen LogP) is 2.26. The van der Waals surface area contributed by atoms with Gasteiger partial charge in [-0.15, -0.1) is 12.4 Å². The summed E-state index contributed by atoms with van der Waals surface area (Å²) in [6.45, 7) is 1.02.